The van der Waals surface area contributed by atoms with Gasteiger partial charge < -0.3 is 35.4 Å². The van der Waals surface area contributed by atoms with E-state index in [9.17, 15) is 4.79 Å². The summed E-state index contributed by atoms with van der Waals surface area (Å²) in [5.74, 6) is -6.48. The Bertz CT molecular complexity index is 1020. The molecule has 0 saturated carbocycles. The molecule has 1 amide bonds. The number of morpholine rings is 1. The first-order valence-electron chi connectivity index (χ1n) is 10.0. The van der Waals surface area contributed by atoms with Crippen molar-refractivity contribution in [2.75, 3.05) is 57.2 Å². The van der Waals surface area contributed by atoms with Gasteiger partial charge in [-0.25, -0.2) is 24.2 Å². The Morgan fingerprint density at radius 1 is 0.943 bits per heavy atom. The lowest BCUT2D eigenvalue weighted by Crippen LogP contribution is -2.41. The Labute approximate surface area is 199 Å². The molecule has 0 aliphatic carbocycles. The number of aliphatic carboxylic acids is 4. The maximum absolute atomic E-state index is 12.4. The number of carboxylic acids is 4. The molecule has 1 aromatic heterocycles. The molecule has 2 aromatic rings. The summed E-state index contributed by atoms with van der Waals surface area (Å²) in [4.78, 5) is 57.4. The first-order valence-corrected chi connectivity index (χ1v) is 10.0. The number of carbonyl (C=O) groups excluding carboxylic acids is 1. The minimum Gasteiger partial charge on any atom is -0.473 e. The van der Waals surface area contributed by atoms with Crippen LogP contribution in [0, 0.1) is 0 Å². The van der Waals surface area contributed by atoms with Crippen LogP contribution in [0.15, 0.2) is 30.3 Å². The van der Waals surface area contributed by atoms with Crippen LogP contribution in [-0.2, 0) is 28.7 Å². The van der Waals surface area contributed by atoms with E-state index in [0.29, 0.717) is 19.8 Å². The minimum atomic E-state index is -1.82. The Morgan fingerprint density at radius 3 is 1.94 bits per heavy atom. The van der Waals surface area contributed by atoms with E-state index in [1.54, 1.807) is 0 Å². The molecule has 190 valence electrons. The fraction of sp³-hybridized carbons (Fsp3) is 0.333. The number of amides is 1. The van der Waals surface area contributed by atoms with Gasteiger partial charge in [-0.3, -0.25) is 9.69 Å². The molecular formula is C21H26N4O10. The monoisotopic (exact) mass is 494 g/mol. The first kappa shape index (κ1) is 28.7. The van der Waals surface area contributed by atoms with Crippen LogP contribution in [0.3, 0.4) is 0 Å². The van der Waals surface area contributed by atoms with Crippen molar-refractivity contribution in [2.24, 2.45) is 0 Å². The van der Waals surface area contributed by atoms with Gasteiger partial charge in [0.2, 0.25) is 5.91 Å². The number of anilines is 2. The number of carbonyl (C=O) groups is 5. The van der Waals surface area contributed by atoms with E-state index in [-0.39, 0.29) is 5.91 Å². The van der Waals surface area contributed by atoms with Gasteiger partial charge in [-0.1, -0.05) is 18.2 Å². The molecule has 0 unspecified atom stereocenters. The molecule has 1 aliphatic rings. The van der Waals surface area contributed by atoms with Crippen LogP contribution in [0.5, 0.6) is 0 Å². The summed E-state index contributed by atoms with van der Waals surface area (Å²) in [6.45, 7) is 3.37. The van der Waals surface area contributed by atoms with E-state index >= 15 is 0 Å². The largest absolute Gasteiger partial charge is 0.473 e. The van der Waals surface area contributed by atoms with Crippen molar-refractivity contribution in [1.82, 2.24) is 9.88 Å². The molecule has 1 aromatic carbocycles. The van der Waals surface area contributed by atoms with Gasteiger partial charge in [0, 0.05) is 38.6 Å². The highest BCUT2D eigenvalue weighted by Crippen LogP contribution is 2.26. The topological polar surface area (TPSA) is 207 Å². The molecule has 0 spiro atoms. The molecule has 3 rings (SSSR count). The Hall–Kier alpha value is -4.30. The van der Waals surface area contributed by atoms with Crippen LogP contribution in [0.25, 0.3) is 10.9 Å². The van der Waals surface area contributed by atoms with E-state index in [4.69, 9.17) is 44.3 Å². The van der Waals surface area contributed by atoms with Gasteiger partial charge in [0.15, 0.2) is 0 Å². The Morgan fingerprint density at radius 2 is 1.46 bits per heavy atom. The third-order valence-electron chi connectivity index (χ3n) is 4.27. The van der Waals surface area contributed by atoms with Crippen molar-refractivity contribution in [3.8, 4) is 0 Å². The quantitative estimate of drug-likeness (QED) is 0.352. The SMILES string of the molecule is CN(C)c1cc(NC(=O)CN2CCOCC2)c2ccccc2n1.O=C(O)C(=O)O.O=C(O)C(=O)O. The van der Waals surface area contributed by atoms with Crippen LogP contribution in [0.2, 0.25) is 0 Å². The van der Waals surface area contributed by atoms with Gasteiger partial charge >= 0.3 is 23.9 Å². The molecule has 0 atom stereocenters. The van der Waals surface area contributed by atoms with Crippen molar-refractivity contribution in [3.05, 3.63) is 30.3 Å². The average molecular weight is 494 g/mol. The summed E-state index contributed by atoms with van der Waals surface area (Å²) < 4.78 is 5.31. The molecular weight excluding hydrogens is 468 g/mol. The third-order valence-corrected chi connectivity index (χ3v) is 4.27. The fourth-order valence-electron chi connectivity index (χ4n) is 2.65. The molecule has 0 radical (unpaired) electrons. The molecule has 0 bridgehead atoms. The summed E-state index contributed by atoms with van der Waals surface area (Å²) >= 11 is 0. The predicted octanol–water partition coefficient (Wildman–Crippen LogP) is -0.117. The standard InChI is InChI=1S/C17H22N4O2.2C2H2O4/c1-20(2)16-11-15(13-5-3-4-6-14(13)18-16)19-17(22)12-21-7-9-23-10-8-21;2*3-1(4)2(5)6/h3-6,11H,7-10,12H2,1-2H3,(H,18,19,22);2*(H,3,4)(H,5,6). The number of rotatable bonds is 4. The van der Waals surface area contributed by atoms with E-state index in [2.05, 4.69) is 15.2 Å². The highest BCUT2D eigenvalue weighted by Gasteiger charge is 2.16. The van der Waals surface area contributed by atoms with Gasteiger partial charge in [0.05, 0.1) is 31.0 Å². The van der Waals surface area contributed by atoms with Crippen molar-refractivity contribution in [3.63, 3.8) is 0 Å². The zero-order valence-corrected chi connectivity index (χ0v) is 19.0. The predicted molar refractivity (Wildman–Crippen MR) is 123 cm³/mol. The number of benzene rings is 1. The number of ether oxygens (including phenoxy) is 1. The molecule has 1 aliphatic heterocycles. The highest BCUT2D eigenvalue weighted by molar-refractivity contribution is 6.27. The number of hydrogen-bond donors (Lipinski definition) is 5. The van der Waals surface area contributed by atoms with Gasteiger partial charge in [-0.2, -0.15) is 0 Å². The van der Waals surface area contributed by atoms with E-state index in [1.165, 1.54) is 0 Å². The Balaban J connectivity index is 0.000000425. The lowest BCUT2D eigenvalue weighted by Gasteiger charge is -2.26. The number of pyridine rings is 1. The molecule has 1 fully saturated rings. The molecule has 5 N–H and O–H groups in total. The highest BCUT2D eigenvalue weighted by atomic mass is 16.5. The van der Waals surface area contributed by atoms with E-state index < -0.39 is 23.9 Å². The molecule has 14 nitrogen and oxygen atoms in total. The van der Waals surface area contributed by atoms with Crippen LogP contribution in [0.1, 0.15) is 0 Å². The van der Waals surface area contributed by atoms with Gasteiger partial charge in [-0.15, -0.1) is 0 Å². The average Bonchev–Trinajstić information content (AvgIpc) is 2.80. The molecule has 14 heteroatoms. The zero-order valence-electron chi connectivity index (χ0n) is 19.0. The smallest absolute Gasteiger partial charge is 0.414 e. The van der Waals surface area contributed by atoms with Crippen molar-refractivity contribution in [1.29, 1.82) is 0 Å². The minimum absolute atomic E-state index is 0.00652. The first-order chi connectivity index (χ1) is 16.4. The summed E-state index contributed by atoms with van der Waals surface area (Å²) in [6.07, 6.45) is 0. The number of nitrogens with one attached hydrogen (secondary N) is 1. The van der Waals surface area contributed by atoms with E-state index in [1.807, 2.05) is 49.3 Å². The van der Waals surface area contributed by atoms with Crippen LogP contribution < -0.4 is 10.2 Å². The van der Waals surface area contributed by atoms with E-state index in [0.717, 1.165) is 35.5 Å². The fourth-order valence-corrected chi connectivity index (χ4v) is 2.65. The maximum Gasteiger partial charge on any atom is 0.414 e. The van der Waals surface area contributed by atoms with Crippen molar-refractivity contribution in [2.45, 2.75) is 0 Å². The van der Waals surface area contributed by atoms with Crippen LogP contribution in [-0.4, -0.2) is 107 Å². The second kappa shape index (κ2) is 14.1. The maximum atomic E-state index is 12.4. The van der Waals surface area contributed by atoms with Gasteiger partial charge in [0.25, 0.3) is 0 Å². The Kier molecular flexibility index (Phi) is 11.5. The number of para-hydroxylation sites is 1. The molecule has 2 heterocycles. The summed E-state index contributed by atoms with van der Waals surface area (Å²) in [7, 11) is 3.88. The van der Waals surface area contributed by atoms with Crippen LogP contribution in [0.4, 0.5) is 11.5 Å². The summed E-state index contributed by atoms with van der Waals surface area (Å²) in [6, 6.07) is 9.76. The second-order valence-corrected chi connectivity index (χ2v) is 7.10. The zero-order chi connectivity index (χ0) is 26.5. The normalized spacial score (nSPS) is 12.7. The third kappa shape index (κ3) is 10.4. The number of fused-ring (bicyclic) bond motifs is 1. The van der Waals surface area contributed by atoms with Crippen molar-refractivity contribution < 1.29 is 49.1 Å². The lowest BCUT2D eigenvalue weighted by molar-refractivity contribution is -0.159. The van der Waals surface area contributed by atoms with Gasteiger partial charge in [0.1, 0.15) is 5.82 Å². The van der Waals surface area contributed by atoms with Crippen LogP contribution >= 0.6 is 0 Å². The number of aromatic nitrogens is 1. The summed E-state index contributed by atoms with van der Waals surface area (Å²) in [5, 5.41) is 33.6. The van der Waals surface area contributed by atoms with Crippen molar-refractivity contribution >= 4 is 52.2 Å². The number of nitrogens with zero attached hydrogens (tertiary/aromatic N) is 3. The summed E-state index contributed by atoms with van der Waals surface area (Å²) in [5.41, 5.74) is 1.68. The lowest BCUT2D eigenvalue weighted by atomic mass is 10.1. The van der Waals surface area contributed by atoms with Gasteiger partial charge in [-0.05, 0) is 6.07 Å². The molecule has 1 saturated heterocycles. The molecule has 35 heavy (non-hydrogen) atoms. The second-order valence-electron chi connectivity index (χ2n) is 7.10. The number of carboxylic acid groups (broad SMARTS) is 4. The number of hydrogen-bond acceptors (Lipinski definition) is 9.